The van der Waals surface area contributed by atoms with Crippen LogP contribution in [0.5, 0.6) is 5.75 Å². The van der Waals surface area contributed by atoms with E-state index in [2.05, 4.69) is 9.64 Å². The molecule has 0 aliphatic carbocycles. The molecule has 1 amide bonds. The fourth-order valence-corrected chi connectivity index (χ4v) is 5.89. The number of alkyl halides is 3. The maximum absolute atomic E-state index is 13.5. The number of piperazine rings is 1. The van der Waals surface area contributed by atoms with Crippen LogP contribution in [0.1, 0.15) is 28.9 Å². The van der Waals surface area contributed by atoms with E-state index < -0.39 is 30.1 Å². The highest BCUT2D eigenvalue weighted by Gasteiger charge is 2.43. The molecule has 2 fully saturated rings. The summed E-state index contributed by atoms with van der Waals surface area (Å²) in [6, 6.07) is 17.5. The molecule has 2 saturated heterocycles. The molecule has 2 aliphatic heterocycles. The van der Waals surface area contributed by atoms with E-state index in [-0.39, 0.29) is 24.2 Å². The number of amides is 1. The van der Waals surface area contributed by atoms with Crippen LogP contribution in [0.25, 0.3) is 16.9 Å². The van der Waals surface area contributed by atoms with Crippen LogP contribution in [0.15, 0.2) is 72.9 Å². The van der Waals surface area contributed by atoms with Gasteiger partial charge < -0.3 is 14.0 Å². The average molecular weight is 569 g/mol. The van der Waals surface area contributed by atoms with Crippen molar-refractivity contribution in [2.75, 3.05) is 13.1 Å². The second-order valence-corrected chi connectivity index (χ2v) is 10.5. The van der Waals surface area contributed by atoms with E-state index in [0.29, 0.717) is 24.7 Å². The molecule has 2 bridgehead atoms. The van der Waals surface area contributed by atoms with Crippen LogP contribution < -0.4 is 4.74 Å². The normalized spacial score (nSPS) is 19.7. The van der Waals surface area contributed by atoms with Gasteiger partial charge >= 0.3 is 6.36 Å². The van der Waals surface area contributed by atoms with Gasteiger partial charge in [0, 0.05) is 54.8 Å². The summed E-state index contributed by atoms with van der Waals surface area (Å²) in [5.41, 5.74) is 3.61. The van der Waals surface area contributed by atoms with Gasteiger partial charge in [0.05, 0.1) is 23.5 Å². The maximum atomic E-state index is 13.5. The van der Waals surface area contributed by atoms with Crippen molar-refractivity contribution in [3.05, 3.63) is 89.2 Å². The van der Waals surface area contributed by atoms with E-state index in [4.69, 9.17) is 16.6 Å². The minimum absolute atomic E-state index is 0.0736. The summed E-state index contributed by atoms with van der Waals surface area (Å²) < 4.78 is 44.3. The number of hydrogen-bond donors (Lipinski definition) is 0. The molecule has 2 atom stereocenters. The molecule has 0 N–H and O–H groups in total. The van der Waals surface area contributed by atoms with E-state index in [1.807, 2.05) is 53.1 Å². The molecular formula is C29H24ClF3N4O3. The lowest BCUT2D eigenvalue weighted by atomic mass is 9.89. The molecule has 0 radical (unpaired) electrons. The Hall–Kier alpha value is -3.89. The lowest BCUT2D eigenvalue weighted by Crippen LogP contribution is -2.63. The molecule has 0 saturated carbocycles. The zero-order valence-electron chi connectivity index (χ0n) is 21.1. The number of nitrogens with zero attached hydrogens (tertiary/aromatic N) is 4. The van der Waals surface area contributed by atoms with Crippen molar-refractivity contribution in [3.63, 3.8) is 0 Å². The number of imidazole rings is 1. The lowest BCUT2D eigenvalue weighted by molar-refractivity contribution is -0.274. The van der Waals surface area contributed by atoms with Gasteiger partial charge in [-0.2, -0.15) is 0 Å². The van der Waals surface area contributed by atoms with Gasteiger partial charge in [-0.05, 0) is 42.5 Å². The zero-order chi connectivity index (χ0) is 28.0. The number of carbonyl (C=O) groups excluding carboxylic acids is 2. The SMILES string of the molecule is O=C1CC2CN(Cc3c(-c4ccc(Cl)cc4)nc4ccccn34)CC(C1)N2C(=O)c1cccc(OC(F)(F)F)c1. The third-order valence-corrected chi connectivity index (χ3v) is 7.57. The third-order valence-electron chi connectivity index (χ3n) is 7.32. The highest BCUT2D eigenvalue weighted by molar-refractivity contribution is 6.30. The fourth-order valence-electron chi connectivity index (χ4n) is 5.76. The Bertz CT molecular complexity index is 1570. The standard InChI is InChI=1S/C29H24ClF3N4O3/c30-20-9-7-18(8-10-20)27-25(36-11-2-1-6-26(36)34-27)17-35-15-21-13-23(38)14-22(16-35)37(21)28(39)19-4-3-5-24(12-19)40-29(31,32)33/h1-12,21-22H,13-17H2. The molecule has 40 heavy (non-hydrogen) atoms. The van der Waals surface area contributed by atoms with E-state index in [1.54, 1.807) is 4.90 Å². The molecule has 0 spiro atoms. The first kappa shape index (κ1) is 26.3. The molecule has 2 aromatic carbocycles. The van der Waals surface area contributed by atoms with Crippen LogP contribution in [0.2, 0.25) is 5.02 Å². The van der Waals surface area contributed by atoms with Crippen molar-refractivity contribution in [1.82, 2.24) is 19.2 Å². The summed E-state index contributed by atoms with van der Waals surface area (Å²) >= 11 is 6.11. The van der Waals surface area contributed by atoms with Gasteiger partial charge in [-0.25, -0.2) is 4.98 Å². The Balaban J connectivity index is 1.27. The highest BCUT2D eigenvalue weighted by Crippen LogP contribution is 2.33. The number of hydrogen-bond acceptors (Lipinski definition) is 5. The molecule has 2 unspecified atom stereocenters. The number of rotatable bonds is 5. The minimum atomic E-state index is -4.86. The minimum Gasteiger partial charge on any atom is -0.406 e. The van der Waals surface area contributed by atoms with Crippen LogP contribution in [0.4, 0.5) is 13.2 Å². The van der Waals surface area contributed by atoms with Gasteiger partial charge in [0.25, 0.3) is 5.91 Å². The predicted molar refractivity (Wildman–Crippen MR) is 142 cm³/mol. The summed E-state index contributed by atoms with van der Waals surface area (Å²) in [6.07, 6.45) is -2.53. The number of aromatic nitrogens is 2. The monoisotopic (exact) mass is 568 g/mol. The smallest absolute Gasteiger partial charge is 0.406 e. The van der Waals surface area contributed by atoms with Crippen LogP contribution >= 0.6 is 11.6 Å². The first-order valence-corrected chi connectivity index (χ1v) is 13.2. The van der Waals surface area contributed by atoms with Crippen molar-refractivity contribution in [1.29, 1.82) is 0 Å². The Kier molecular flexibility index (Phi) is 6.75. The van der Waals surface area contributed by atoms with Gasteiger partial charge in [0.1, 0.15) is 17.2 Å². The summed E-state index contributed by atoms with van der Waals surface area (Å²) in [5.74, 6) is -0.795. The summed E-state index contributed by atoms with van der Waals surface area (Å²) in [4.78, 5) is 34.8. The van der Waals surface area contributed by atoms with Crippen LogP contribution in [-0.2, 0) is 11.3 Å². The predicted octanol–water partition coefficient (Wildman–Crippen LogP) is 5.61. The number of piperidine rings is 1. The first-order valence-electron chi connectivity index (χ1n) is 12.8. The van der Waals surface area contributed by atoms with E-state index in [0.717, 1.165) is 34.7 Å². The summed E-state index contributed by atoms with van der Waals surface area (Å²) in [5, 5.41) is 0.628. The van der Waals surface area contributed by atoms with Crippen LogP contribution in [-0.4, -0.2) is 62.4 Å². The molecule has 206 valence electrons. The second kappa shape index (κ2) is 10.3. The number of pyridine rings is 1. The van der Waals surface area contributed by atoms with Crippen molar-refractivity contribution < 1.29 is 27.5 Å². The Morgan fingerprint density at radius 2 is 1.73 bits per heavy atom. The number of ether oxygens (including phenoxy) is 1. The van der Waals surface area contributed by atoms with E-state index in [1.165, 1.54) is 12.1 Å². The second-order valence-electron chi connectivity index (χ2n) is 10.1. The first-order chi connectivity index (χ1) is 19.1. The van der Waals surface area contributed by atoms with Gasteiger partial charge in [-0.3, -0.25) is 14.5 Å². The number of fused-ring (bicyclic) bond motifs is 3. The number of likely N-dealkylation sites (tertiary alicyclic amines) is 1. The quantitative estimate of drug-likeness (QED) is 0.313. The van der Waals surface area contributed by atoms with Gasteiger partial charge in [0.15, 0.2) is 0 Å². The molecule has 6 rings (SSSR count). The largest absolute Gasteiger partial charge is 0.573 e. The topological polar surface area (TPSA) is 67.2 Å². The van der Waals surface area contributed by atoms with Crippen LogP contribution in [0.3, 0.4) is 0 Å². The summed E-state index contributed by atoms with van der Waals surface area (Å²) in [7, 11) is 0. The molecular weight excluding hydrogens is 545 g/mol. The summed E-state index contributed by atoms with van der Waals surface area (Å²) in [6.45, 7) is 1.40. The number of ketones is 1. The zero-order valence-corrected chi connectivity index (χ0v) is 21.9. The van der Waals surface area contributed by atoms with E-state index >= 15 is 0 Å². The number of benzene rings is 2. The van der Waals surface area contributed by atoms with Gasteiger partial charge in [-0.1, -0.05) is 35.9 Å². The molecule has 2 aromatic heterocycles. The maximum Gasteiger partial charge on any atom is 0.573 e. The molecule has 7 nitrogen and oxygen atoms in total. The molecule has 11 heteroatoms. The average Bonchev–Trinajstić information content (AvgIpc) is 3.25. The Labute approximate surface area is 232 Å². The molecule has 2 aliphatic rings. The Morgan fingerprint density at radius 1 is 1.00 bits per heavy atom. The molecule has 4 heterocycles. The molecule has 4 aromatic rings. The number of carbonyl (C=O) groups is 2. The van der Waals surface area contributed by atoms with Crippen molar-refractivity contribution in [2.45, 2.75) is 37.8 Å². The fraction of sp³-hybridized carbons (Fsp3) is 0.276. The lowest BCUT2D eigenvalue weighted by Gasteiger charge is -2.49. The van der Waals surface area contributed by atoms with Crippen molar-refractivity contribution >= 4 is 28.9 Å². The van der Waals surface area contributed by atoms with Gasteiger partial charge in [-0.15, -0.1) is 13.2 Å². The number of Topliss-reactive ketones (excluding diaryl/α,β-unsaturated/α-hetero) is 1. The van der Waals surface area contributed by atoms with E-state index in [9.17, 15) is 22.8 Å². The van der Waals surface area contributed by atoms with Gasteiger partial charge in [0.2, 0.25) is 0 Å². The van der Waals surface area contributed by atoms with Crippen molar-refractivity contribution in [2.24, 2.45) is 0 Å². The highest BCUT2D eigenvalue weighted by atomic mass is 35.5. The van der Waals surface area contributed by atoms with Crippen molar-refractivity contribution in [3.8, 4) is 17.0 Å². The number of halogens is 4. The Morgan fingerprint density at radius 3 is 2.42 bits per heavy atom. The third kappa shape index (κ3) is 5.29. The van der Waals surface area contributed by atoms with Crippen LogP contribution in [0, 0.1) is 0 Å².